The third-order valence-corrected chi connectivity index (χ3v) is 6.70. The molecule has 0 aliphatic carbocycles. The highest BCUT2D eigenvalue weighted by Crippen LogP contribution is 2.43. The molecule has 2 saturated heterocycles. The van der Waals surface area contributed by atoms with Gasteiger partial charge in [0.15, 0.2) is 11.5 Å². The molecule has 1 aromatic carbocycles. The Morgan fingerprint density at radius 2 is 1.68 bits per heavy atom. The number of nitrogen functional groups attached to an aromatic ring is 1. The maximum absolute atomic E-state index is 13.1. The van der Waals surface area contributed by atoms with E-state index in [9.17, 15) is 9.59 Å². The van der Waals surface area contributed by atoms with Gasteiger partial charge in [-0.3, -0.25) is 9.59 Å². The van der Waals surface area contributed by atoms with Crippen molar-refractivity contribution >= 4 is 42.3 Å². The van der Waals surface area contributed by atoms with Crippen LogP contribution >= 0.6 is 24.8 Å². The number of carbonyl (C=O) groups excluding carboxylic acids is 2. The molecule has 2 aliphatic rings. The fourth-order valence-corrected chi connectivity index (χ4v) is 4.78. The summed E-state index contributed by atoms with van der Waals surface area (Å²) in [5.74, 6) is 0.888. The molecule has 37 heavy (non-hydrogen) atoms. The summed E-state index contributed by atoms with van der Waals surface area (Å²) in [4.78, 5) is 29.7. The highest BCUT2D eigenvalue weighted by atomic mass is 35.5. The quantitative estimate of drug-likeness (QED) is 0.404. The van der Waals surface area contributed by atoms with Gasteiger partial charge in [-0.25, -0.2) is 0 Å². The zero-order valence-electron chi connectivity index (χ0n) is 22.0. The van der Waals surface area contributed by atoms with Crippen LogP contribution in [-0.4, -0.2) is 100 Å². The van der Waals surface area contributed by atoms with E-state index in [0.717, 1.165) is 51.9 Å². The number of nitrogens with one attached hydrogen (secondary N) is 1. The van der Waals surface area contributed by atoms with Gasteiger partial charge in [0.05, 0.1) is 44.7 Å². The summed E-state index contributed by atoms with van der Waals surface area (Å²) >= 11 is 0. The number of hydrogen-bond acceptors (Lipinski definition) is 8. The lowest BCUT2D eigenvalue weighted by Crippen LogP contribution is -2.55. The predicted octanol–water partition coefficient (Wildman–Crippen LogP) is 1.54. The number of piperidine rings is 1. The van der Waals surface area contributed by atoms with Crippen molar-refractivity contribution in [1.82, 2.24) is 15.1 Å². The fourth-order valence-electron chi connectivity index (χ4n) is 4.78. The Balaban J connectivity index is 0.00000432. The van der Waals surface area contributed by atoms with Gasteiger partial charge in [-0.15, -0.1) is 24.8 Å². The topological polar surface area (TPSA) is 147 Å². The van der Waals surface area contributed by atoms with E-state index in [4.69, 9.17) is 24.7 Å². The van der Waals surface area contributed by atoms with E-state index < -0.39 is 0 Å². The van der Waals surface area contributed by atoms with E-state index in [1.165, 1.54) is 21.3 Å². The van der Waals surface area contributed by atoms with Gasteiger partial charge >= 0.3 is 0 Å². The summed E-state index contributed by atoms with van der Waals surface area (Å²) in [5, 5.41) is 3.07. The van der Waals surface area contributed by atoms with Gasteiger partial charge in [-0.1, -0.05) is 0 Å². The zero-order chi connectivity index (χ0) is 24.7. The number of nitrogens with two attached hydrogens (primary N) is 1. The Hall–Kier alpha value is -2.18. The van der Waals surface area contributed by atoms with Crippen molar-refractivity contribution in [3.05, 3.63) is 11.6 Å². The second-order valence-electron chi connectivity index (χ2n) is 8.74. The summed E-state index contributed by atoms with van der Waals surface area (Å²) in [6.07, 6.45) is 4.19. The van der Waals surface area contributed by atoms with Gasteiger partial charge in [0.1, 0.15) is 0 Å². The number of ether oxygens (including phenoxy) is 4. The van der Waals surface area contributed by atoms with Crippen LogP contribution < -0.4 is 25.3 Å². The normalized spacial score (nSPS) is 19.1. The molecule has 214 valence electrons. The van der Waals surface area contributed by atoms with Gasteiger partial charge in [-0.2, -0.15) is 0 Å². The summed E-state index contributed by atoms with van der Waals surface area (Å²) in [6.45, 7) is 4.12. The van der Waals surface area contributed by atoms with Crippen molar-refractivity contribution in [2.24, 2.45) is 0 Å². The number of methoxy groups -OCH3 is 4. The third kappa shape index (κ3) is 8.41. The molecule has 2 fully saturated rings. The first-order chi connectivity index (χ1) is 16.4. The molecule has 2 atom stereocenters. The molecule has 0 radical (unpaired) electrons. The van der Waals surface area contributed by atoms with Crippen molar-refractivity contribution in [3.63, 3.8) is 0 Å². The molecule has 3 rings (SSSR count). The van der Waals surface area contributed by atoms with Crippen LogP contribution in [0.3, 0.4) is 0 Å². The Morgan fingerprint density at radius 1 is 1.03 bits per heavy atom. The average molecular weight is 570 g/mol. The van der Waals surface area contributed by atoms with Gasteiger partial charge in [0.25, 0.3) is 5.91 Å². The largest absolute Gasteiger partial charge is 0.493 e. The van der Waals surface area contributed by atoms with E-state index in [2.05, 4.69) is 10.2 Å². The summed E-state index contributed by atoms with van der Waals surface area (Å²) < 4.78 is 21.8. The maximum atomic E-state index is 13.1. The van der Waals surface area contributed by atoms with Crippen molar-refractivity contribution in [2.75, 3.05) is 66.9 Å². The number of carbonyl (C=O) groups is 2. The minimum Gasteiger partial charge on any atom is -0.493 e. The van der Waals surface area contributed by atoms with E-state index in [1.54, 1.807) is 13.2 Å². The number of nitrogens with zero attached hydrogens (tertiary/aromatic N) is 2. The molecule has 11 nitrogen and oxygen atoms in total. The average Bonchev–Trinajstić information content (AvgIpc) is 3.39. The molecule has 2 aliphatic heterocycles. The van der Waals surface area contributed by atoms with Crippen molar-refractivity contribution in [2.45, 2.75) is 44.2 Å². The molecule has 1 aromatic rings. The number of amides is 2. The smallest absolute Gasteiger partial charge is 0.253 e. The van der Waals surface area contributed by atoms with Crippen LogP contribution in [0, 0.1) is 0 Å². The van der Waals surface area contributed by atoms with E-state index >= 15 is 0 Å². The van der Waals surface area contributed by atoms with Crippen LogP contribution in [-0.2, 0) is 9.53 Å². The fraction of sp³-hybridized carbons (Fsp3) is 0.667. The number of halogens is 2. The van der Waals surface area contributed by atoms with E-state index in [0.29, 0.717) is 24.5 Å². The third-order valence-electron chi connectivity index (χ3n) is 6.70. The number of likely N-dealkylation sites (tertiary alicyclic amines) is 2. The first-order valence-corrected chi connectivity index (χ1v) is 11.9. The van der Waals surface area contributed by atoms with Crippen molar-refractivity contribution in [1.29, 1.82) is 0 Å². The Labute approximate surface area is 231 Å². The second kappa shape index (κ2) is 16.6. The maximum Gasteiger partial charge on any atom is 0.253 e. The molecule has 2 heterocycles. The van der Waals surface area contributed by atoms with Gasteiger partial charge in [0.2, 0.25) is 11.7 Å². The van der Waals surface area contributed by atoms with Crippen LogP contribution in [0.15, 0.2) is 6.07 Å². The minimum atomic E-state index is -0.325. The van der Waals surface area contributed by atoms with Crippen LogP contribution in [0.1, 0.15) is 42.5 Å². The Morgan fingerprint density at radius 3 is 2.24 bits per heavy atom. The molecule has 0 saturated carbocycles. The van der Waals surface area contributed by atoms with Crippen molar-refractivity contribution in [3.8, 4) is 17.2 Å². The zero-order valence-corrected chi connectivity index (χ0v) is 23.7. The molecule has 0 unspecified atom stereocenters. The predicted molar refractivity (Wildman–Crippen MR) is 147 cm³/mol. The summed E-state index contributed by atoms with van der Waals surface area (Å²) in [7, 11) is 6.09. The first kappa shape index (κ1) is 34.8. The summed E-state index contributed by atoms with van der Waals surface area (Å²) in [5.41, 5.74) is 6.67. The van der Waals surface area contributed by atoms with E-state index in [-0.39, 0.29) is 71.3 Å². The molecule has 0 spiro atoms. The van der Waals surface area contributed by atoms with Gasteiger partial charge < -0.3 is 45.3 Å². The number of rotatable bonds is 10. The molecule has 0 bridgehead atoms. The number of anilines is 1. The van der Waals surface area contributed by atoms with Gasteiger partial charge in [-0.05, 0) is 38.3 Å². The lowest BCUT2D eigenvalue weighted by Gasteiger charge is -2.38. The Kier molecular flexibility index (Phi) is 15.6. The second-order valence-corrected chi connectivity index (χ2v) is 8.74. The molecule has 5 N–H and O–H groups in total. The van der Waals surface area contributed by atoms with Crippen LogP contribution in [0.5, 0.6) is 17.2 Å². The van der Waals surface area contributed by atoms with Crippen LogP contribution in [0.4, 0.5) is 5.69 Å². The minimum absolute atomic E-state index is 0. The molecule has 13 heteroatoms. The van der Waals surface area contributed by atoms with E-state index in [1.807, 2.05) is 4.90 Å². The number of benzene rings is 1. The van der Waals surface area contributed by atoms with Gasteiger partial charge in [0, 0.05) is 39.7 Å². The lowest BCUT2D eigenvalue weighted by molar-refractivity contribution is -0.130. The van der Waals surface area contributed by atoms with Crippen molar-refractivity contribution < 1.29 is 34.0 Å². The number of hydrogen-bond donors (Lipinski definition) is 2. The molecule has 0 aromatic heterocycles. The highest BCUT2D eigenvalue weighted by molar-refractivity contribution is 6.02. The lowest BCUT2D eigenvalue weighted by atomic mass is 10.00. The van der Waals surface area contributed by atoms with Crippen LogP contribution in [0.25, 0.3) is 0 Å². The Bertz CT molecular complexity index is 872. The standard InChI is InChI=1S/C24H38N4O6.2ClH.H2O/c1-31-18-14-16(21(25)23(34-4)22(18)33-3)24(30)26-17-9-13-27(15-19(17)32-2)10-7-8-20(29)28-11-5-6-12-28;;;/h14,17,19H,5-13,15,25H2,1-4H3,(H,26,30);2*1H;1H2/t17-,19+;;;/m1.../s1. The SMILES string of the molecule is COc1cc(C(=O)N[C@@H]2CCN(CCCC(=O)N3CCCC3)C[C@@H]2OC)c(N)c(OC)c1OC.Cl.Cl.O. The van der Waals surface area contributed by atoms with Crippen LogP contribution in [0.2, 0.25) is 0 Å². The first-order valence-electron chi connectivity index (χ1n) is 11.9. The summed E-state index contributed by atoms with van der Waals surface area (Å²) in [6, 6.07) is 1.39. The molecule has 2 amide bonds. The highest BCUT2D eigenvalue weighted by Gasteiger charge is 2.32. The molecular formula is C24H42Cl2N4O7. The monoisotopic (exact) mass is 568 g/mol. The molecular weight excluding hydrogens is 527 g/mol.